The molecule has 0 bridgehead atoms. The zero-order valence-corrected chi connectivity index (χ0v) is 15.8. The predicted molar refractivity (Wildman–Crippen MR) is 112 cm³/mol. The first-order chi connectivity index (χ1) is 13.6. The highest BCUT2D eigenvalue weighted by Gasteiger charge is 2.10. The molecule has 28 heavy (non-hydrogen) atoms. The zero-order valence-electron chi connectivity index (χ0n) is 15.8. The molecule has 0 radical (unpaired) electrons. The highest BCUT2D eigenvalue weighted by molar-refractivity contribution is 5.89. The molecule has 6 nitrogen and oxygen atoms in total. The van der Waals surface area contributed by atoms with Crippen LogP contribution in [0.1, 0.15) is 18.3 Å². The fraction of sp³-hybridized carbons (Fsp3) is 0.136. The lowest BCUT2D eigenvalue weighted by atomic mass is 10.1. The Labute approximate surface area is 163 Å². The van der Waals surface area contributed by atoms with Crippen LogP contribution in [0.4, 0.5) is 17.2 Å². The maximum Gasteiger partial charge on any atom is 0.221 e. The first-order valence-electron chi connectivity index (χ1n) is 9.08. The number of imidazole rings is 1. The largest absolute Gasteiger partial charge is 0.340 e. The van der Waals surface area contributed by atoms with Crippen LogP contribution in [0.2, 0.25) is 0 Å². The SMILES string of the molecule is CC(=O)Nc1ccc(Nc2cc3c(cn2)nc(Cc2ccccc2)n3C)cc1. The van der Waals surface area contributed by atoms with Gasteiger partial charge in [0.2, 0.25) is 5.91 Å². The maximum atomic E-state index is 11.1. The van der Waals surface area contributed by atoms with Crippen molar-refractivity contribution in [1.29, 1.82) is 0 Å². The molecule has 0 spiro atoms. The van der Waals surface area contributed by atoms with Gasteiger partial charge in [0.15, 0.2) is 0 Å². The number of nitrogens with one attached hydrogen (secondary N) is 2. The molecule has 1 amide bonds. The first kappa shape index (κ1) is 17.7. The molecule has 0 unspecified atom stereocenters. The third kappa shape index (κ3) is 3.86. The van der Waals surface area contributed by atoms with Gasteiger partial charge in [0.25, 0.3) is 0 Å². The Bertz CT molecular complexity index is 1120. The minimum atomic E-state index is -0.0876. The topological polar surface area (TPSA) is 71.8 Å². The summed E-state index contributed by atoms with van der Waals surface area (Å²) in [6.07, 6.45) is 2.57. The van der Waals surface area contributed by atoms with Gasteiger partial charge in [0, 0.05) is 37.8 Å². The van der Waals surface area contributed by atoms with E-state index in [0.717, 1.165) is 40.5 Å². The number of rotatable bonds is 5. The van der Waals surface area contributed by atoms with E-state index in [4.69, 9.17) is 4.98 Å². The summed E-state index contributed by atoms with van der Waals surface area (Å²) in [5.41, 5.74) is 4.79. The van der Waals surface area contributed by atoms with Crippen LogP contribution in [0.15, 0.2) is 66.9 Å². The van der Waals surface area contributed by atoms with E-state index in [1.165, 1.54) is 12.5 Å². The van der Waals surface area contributed by atoms with Crippen molar-refractivity contribution in [3.05, 3.63) is 78.2 Å². The molecular weight excluding hydrogens is 350 g/mol. The summed E-state index contributed by atoms with van der Waals surface area (Å²) in [5, 5.41) is 6.05. The standard InChI is InChI=1S/C22H21N5O/c1-15(28)24-17-8-10-18(11-9-17)25-21-13-20-19(14-23-21)26-22(27(20)2)12-16-6-4-3-5-7-16/h3-11,13-14H,12H2,1-2H3,(H,23,25)(H,24,28). The predicted octanol–water partition coefficient (Wildman–Crippen LogP) is 4.26. The van der Waals surface area contributed by atoms with Gasteiger partial charge in [0.05, 0.1) is 11.7 Å². The molecule has 6 heteroatoms. The number of aryl methyl sites for hydroxylation is 1. The Kier molecular flexibility index (Phi) is 4.76. The maximum absolute atomic E-state index is 11.1. The van der Waals surface area contributed by atoms with Crippen LogP contribution < -0.4 is 10.6 Å². The van der Waals surface area contributed by atoms with Crippen molar-refractivity contribution < 1.29 is 4.79 Å². The van der Waals surface area contributed by atoms with Crippen molar-refractivity contribution in [2.75, 3.05) is 10.6 Å². The fourth-order valence-corrected chi connectivity index (χ4v) is 3.14. The van der Waals surface area contributed by atoms with Gasteiger partial charge in [-0.25, -0.2) is 9.97 Å². The minimum absolute atomic E-state index is 0.0876. The number of aromatic nitrogens is 3. The second-order valence-electron chi connectivity index (χ2n) is 6.69. The van der Waals surface area contributed by atoms with Crippen molar-refractivity contribution in [1.82, 2.24) is 14.5 Å². The molecule has 0 aliphatic carbocycles. The number of benzene rings is 2. The van der Waals surface area contributed by atoms with Gasteiger partial charge in [-0.1, -0.05) is 30.3 Å². The molecular formula is C22H21N5O. The molecule has 2 N–H and O–H groups in total. The lowest BCUT2D eigenvalue weighted by Crippen LogP contribution is -2.05. The van der Waals surface area contributed by atoms with E-state index < -0.39 is 0 Å². The first-order valence-corrected chi connectivity index (χ1v) is 9.08. The Morgan fingerprint density at radius 2 is 1.75 bits per heavy atom. The quantitative estimate of drug-likeness (QED) is 0.550. The number of amides is 1. The van der Waals surface area contributed by atoms with Crippen LogP contribution >= 0.6 is 0 Å². The summed E-state index contributed by atoms with van der Waals surface area (Å²) < 4.78 is 2.11. The molecule has 4 aromatic rings. The van der Waals surface area contributed by atoms with E-state index in [1.807, 2.05) is 55.6 Å². The van der Waals surface area contributed by atoms with Crippen molar-refractivity contribution >= 4 is 34.1 Å². The zero-order chi connectivity index (χ0) is 19.5. The van der Waals surface area contributed by atoms with E-state index in [-0.39, 0.29) is 5.91 Å². The van der Waals surface area contributed by atoms with Crippen LogP contribution in [-0.4, -0.2) is 20.4 Å². The summed E-state index contributed by atoms with van der Waals surface area (Å²) in [4.78, 5) is 20.3. The second kappa shape index (κ2) is 7.52. The van der Waals surface area contributed by atoms with Crippen molar-refractivity contribution in [3.8, 4) is 0 Å². The minimum Gasteiger partial charge on any atom is -0.340 e. The molecule has 0 saturated carbocycles. The molecule has 0 saturated heterocycles. The smallest absolute Gasteiger partial charge is 0.221 e. The normalized spacial score (nSPS) is 10.8. The van der Waals surface area contributed by atoms with Crippen LogP contribution in [-0.2, 0) is 18.3 Å². The van der Waals surface area contributed by atoms with Gasteiger partial charge in [-0.3, -0.25) is 4.79 Å². The van der Waals surface area contributed by atoms with E-state index in [0.29, 0.717) is 0 Å². The molecule has 0 aliphatic heterocycles. The van der Waals surface area contributed by atoms with Crippen molar-refractivity contribution in [2.24, 2.45) is 7.05 Å². The number of nitrogens with zero attached hydrogens (tertiary/aromatic N) is 3. The number of anilines is 3. The van der Waals surface area contributed by atoms with Crippen molar-refractivity contribution in [3.63, 3.8) is 0 Å². The summed E-state index contributed by atoms with van der Waals surface area (Å²) in [5.74, 6) is 1.66. The van der Waals surface area contributed by atoms with Crippen LogP contribution in [0, 0.1) is 0 Å². The molecule has 2 aromatic heterocycles. The van der Waals surface area contributed by atoms with E-state index in [9.17, 15) is 4.79 Å². The van der Waals surface area contributed by atoms with Crippen molar-refractivity contribution in [2.45, 2.75) is 13.3 Å². The fourth-order valence-electron chi connectivity index (χ4n) is 3.14. The number of hydrogen-bond donors (Lipinski definition) is 2. The monoisotopic (exact) mass is 371 g/mol. The molecule has 2 heterocycles. The van der Waals surface area contributed by atoms with Gasteiger partial charge in [0.1, 0.15) is 17.2 Å². The van der Waals surface area contributed by atoms with Crippen LogP contribution in [0.3, 0.4) is 0 Å². The van der Waals surface area contributed by atoms with E-state index in [2.05, 4.69) is 32.3 Å². The summed E-state index contributed by atoms with van der Waals surface area (Å²) in [6, 6.07) is 19.8. The Morgan fingerprint density at radius 1 is 1.04 bits per heavy atom. The number of fused-ring (bicyclic) bond motifs is 1. The van der Waals surface area contributed by atoms with Gasteiger partial charge in [-0.05, 0) is 29.8 Å². The number of hydrogen-bond acceptors (Lipinski definition) is 4. The molecule has 0 fully saturated rings. The summed E-state index contributed by atoms with van der Waals surface area (Å²) in [6.45, 7) is 1.49. The molecule has 0 atom stereocenters. The van der Waals surface area contributed by atoms with Gasteiger partial charge >= 0.3 is 0 Å². The summed E-state index contributed by atoms with van der Waals surface area (Å²) >= 11 is 0. The Balaban J connectivity index is 1.56. The Morgan fingerprint density at radius 3 is 2.46 bits per heavy atom. The average Bonchev–Trinajstić information content (AvgIpc) is 2.99. The highest BCUT2D eigenvalue weighted by Crippen LogP contribution is 2.22. The van der Waals surface area contributed by atoms with Gasteiger partial charge in [-0.15, -0.1) is 0 Å². The number of carbonyl (C=O) groups is 1. The lowest BCUT2D eigenvalue weighted by Gasteiger charge is -2.08. The van der Waals surface area contributed by atoms with Crippen LogP contribution in [0.5, 0.6) is 0 Å². The second-order valence-corrected chi connectivity index (χ2v) is 6.69. The Hall–Kier alpha value is -3.67. The number of pyridine rings is 1. The van der Waals surface area contributed by atoms with E-state index in [1.54, 1.807) is 6.20 Å². The third-order valence-corrected chi connectivity index (χ3v) is 4.54. The third-order valence-electron chi connectivity index (χ3n) is 4.54. The summed E-state index contributed by atoms with van der Waals surface area (Å²) in [7, 11) is 2.03. The molecule has 0 aliphatic rings. The van der Waals surface area contributed by atoms with E-state index >= 15 is 0 Å². The number of carbonyl (C=O) groups excluding carboxylic acids is 1. The molecule has 4 rings (SSSR count). The van der Waals surface area contributed by atoms with Gasteiger partial charge < -0.3 is 15.2 Å². The molecule has 2 aromatic carbocycles. The molecule has 140 valence electrons. The van der Waals surface area contributed by atoms with Gasteiger partial charge in [-0.2, -0.15) is 0 Å². The highest BCUT2D eigenvalue weighted by atomic mass is 16.1. The van der Waals surface area contributed by atoms with Crippen LogP contribution in [0.25, 0.3) is 11.0 Å². The lowest BCUT2D eigenvalue weighted by molar-refractivity contribution is -0.114. The average molecular weight is 371 g/mol.